The van der Waals surface area contributed by atoms with E-state index in [4.69, 9.17) is 32.7 Å². The second-order valence-corrected chi connectivity index (χ2v) is 8.95. The minimum Gasteiger partial charge on any atom is -0.495 e. The fraction of sp³-hybridized carbons (Fsp3) is 0.286. The van der Waals surface area contributed by atoms with Crippen LogP contribution >= 0.6 is 35.0 Å². The Labute approximate surface area is 193 Å². The number of methoxy groups -OCH3 is 1. The van der Waals surface area contributed by atoms with Crippen molar-refractivity contribution in [2.24, 2.45) is 0 Å². The zero-order valence-electron chi connectivity index (χ0n) is 17.0. The van der Waals surface area contributed by atoms with E-state index in [-0.39, 0.29) is 12.3 Å². The van der Waals surface area contributed by atoms with E-state index in [0.717, 1.165) is 10.5 Å². The molecule has 2 aromatic rings. The number of thioether (sulfide) groups is 1. The number of aryl methyl sites for hydroxylation is 1. The number of fused-ring (bicyclic) bond motifs is 1. The lowest BCUT2D eigenvalue weighted by Gasteiger charge is -2.24. The molecule has 2 aromatic carbocycles. The summed E-state index contributed by atoms with van der Waals surface area (Å²) >= 11 is 13.3. The summed E-state index contributed by atoms with van der Waals surface area (Å²) in [5.74, 6) is -1.13. The predicted molar refractivity (Wildman–Crippen MR) is 121 cm³/mol. The molecule has 2 unspecified atom stereocenters. The highest BCUT2D eigenvalue weighted by Crippen LogP contribution is 2.38. The lowest BCUT2D eigenvalue weighted by molar-refractivity contribution is -0.153. The maximum atomic E-state index is 12.5. The molecule has 0 aliphatic carbocycles. The van der Waals surface area contributed by atoms with Gasteiger partial charge >= 0.3 is 5.97 Å². The van der Waals surface area contributed by atoms with Crippen molar-refractivity contribution in [3.05, 3.63) is 45.9 Å². The monoisotopic (exact) mass is 482 g/mol. The molecule has 1 heterocycles. The summed E-state index contributed by atoms with van der Waals surface area (Å²) in [4.78, 5) is 38.0. The number of esters is 1. The summed E-state index contributed by atoms with van der Waals surface area (Å²) in [7, 11) is 1.46. The van der Waals surface area contributed by atoms with E-state index in [1.807, 2.05) is 0 Å². The van der Waals surface area contributed by atoms with Crippen molar-refractivity contribution in [1.29, 1.82) is 0 Å². The number of halogens is 2. The van der Waals surface area contributed by atoms with Gasteiger partial charge in [-0.2, -0.15) is 0 Å². The normalized spacial score (nSPS) is 16.0. The zero-order valence-corrected chi connectivity index (χ0v) is 19.3. The Bertz CT molecular complexity index is 1050. The van der Waals surface area contributed by atoms with Crippen LogP contribution in [-0.2, 0) is 19.1 Å². The summed E-state index contributed by atoms with van der Waals surface area (Å²) < 4.78 is 10.5. The molecule has 2 N–H and O–H groups in total. The van der Waals surface area contributed by atoms with Gasteiger partial charge in [-0.1, -0.05) is 23.2 Å². The summed E-state index contributed by atoms with van der Waals surface area (Å²) in [5, 5.41) is 5.73. The highest BCUT2D eigenvalue weighted by atomic mass is 35.5. The van der Waals surface area contributed by atoms with Crippen LogP contribution in [0.1, 0.15) is 18.9 Å². The summed E-state index contributed by atoms with van der Waals surface area (Å²) in [6.45, 7) is 3.24. The van der Waals surface area contributed by atoms with Crippen molar-refractivity contribution in [2.75, 3.05) is 17.7 Å². The van der Waals surface area contributed by atoms with Gasteiger partial charge in [0.05, 0.1) is 30.2 Å². The smallest absolute Gasteiger partial charge is 0.308 e. The Kier molecular flexibility index (Phi) is 7.35. The summed E-state index contributed by atoms with van der Waals surface area (Å²) in [6.07, 6.45) is -1.25. The van der Waals surface area contributed by atoms with Crippen molar-refractivity contribution in [2.45, 2.75) is 36.5 Å². The van der Waals surface area contributed by atoms with Crippen LogP contribution in [0, 0.1) is 6.92 Å². The third-order valence-electron chi connectivity index (χ3n) is 4.53. The molecule has 2 atom stereocenters. The van der Waals surface area contributed by atoms with Crippen LogP contribution < -0.4 is 15.4 Å². The van der Waals surface area contributed by atoms with E-state index in [9.17, 15) is 14.4 Å². The van der Waals surface area contributed by atoms with Crippen molar-refractivity contribution in [3.63, 3.8) is 0 Å². The molecule has 2 amide bonds. The summed E-state index contributed by atoms with van der Waals surface area (Å²) in [6, 6.07) is 8.39. The summed E-state index contributed by atoms with van der Waals surface area (Å²) in [5.41, 5.74) is 1.77. The molecular formula is C21H20Cl2N2O5S. The van der Waals surface area contributed by atoms with Crippen LogP contribution in [-0.4, -0.2) is 36.2 Å². The first kappa shape index (κ1) is 23.2. The molecule has 7 nitrogen and oxygen atoms in total. The molecule has 0 aromatic heterocycles. The molecule has 3 rings (SSSR count). The minimum atomic E-state index is -1.07. The Morgan fingerprint density at radius 3 is 2.71 bits per heavy atom. The Hall–Kier alpha value is -2.42. The van der Waals surface area contributed by atoms with E-state index >= 15 is 0 Å². The predicted octanol–water partition coefficient (Wildman–Crippen LogP) is 4.68. The number of carbonyl (C=O) groups is 3. The standard InChI is InChI=1S/C21H20Cl2N2O5S/c1-10-6-14(16(29-3)8-13(10)23)24-20(27)11(2)30-19(26)9-18-21(28)25-15-7-12(22)4-5-17(15)31-18/h4-8,11,18H,9H2,1-3H3,(H,24,27)(H,25,28). The van der Waals surface area contributed by atoms with Gasteiger partial charge in [0, 0.05) is 21.0 Å². The number of hydrogen-bond acceptors (Lipinski definition) is 6. The quantitative estimate of drug-likeness (QED) is 0.580. The number of rotatable bonds is 6. The molecule has 0 bridgehead atoms. The first-order valence-electron chi connectivity index (χ1n) is 9.29. The average molecular weight is 483 g/mol. The highest BCUT2D eigenvalue weighted by Gasteiger charge is 2.31. The molecule has 0 saturated heterocycles. The lowest BCUT2D eigenvalue weighted by Crippen LogP contribution is -2.34. The van der Waals surface area contributed by atoms with Crippen molar-refractivity contribution < 1.29 is 23.9 Å². The van der Waals surface area contributed by atoms with Gasteiger partial charge in [0.15, 0.2) is 6.10 Å². The van der Waals surface area contributed by atoms with Crippen molar-refractivity contribution in [1.82, 2.24) is 0 Å². The van der Waals surface area contributed by atoms with Gasteiger partial charge in [-0.3, -0.25) is 14.4 Å². The van der Waals surface area contributed by atoms with Crippen LogP contribution in [0.25, 0.3) is 0 Å². The molecular weight excluding hydrogens is 463 g/mol. The number of amides is 2. The minimum absolute atomic E-state index is 0.181. The zero-order chi connectivity index (χ0) is 22.7. The van der Waals surface area contributed by atoms with Gasteiger partial charge in [0.1, 0.15) is 5.75 Å². The van der Waals surface area contributed by atoms with E-state index in [1.54, 1.807) is 37.3 Å². The Balaban J connectivity index is 1.59. The fourth-order valence-corrected chi connectivity index (χ4v) is 4.27. The molecule has 164 valence electrons. The van der Waals surface area contributed by atoms with Crippen LogP contribution in [0.4, 0.5) is 11.4 Å². The number of anilines is 2. The third-order valence-corrected chi connectivity index (χ3v) is 6.45. The highest BCUT2D eigenvalue weighted by molar-refractivity contribution is 8.01. The van der Waals surface area contributed by atoms with Crippen molar-refractivity contribution in [3.8, 4) is 5.75 Å². The van der Waals surface area contributed by atoms with Crippen LogP contribution in [0.3, 0.4) is 0 Å². The first-order valence-corrected chi connectivity index (χ1v) is 10.9. The molecule has 1 aliphatic heterocycles. The number of hydrogen-bond donors (Lipinski definition) is 2. The number of nitrogens with one attached hydrogen (secondary N) is 2. The van der Waals surface area contributed by atoms with Gasteiger partial charge in [-0.05, 0) is 43.7 Å². The fourth-order valence-electron chi connectivity index (χ4n) is 2.87. The largest absolute Gasteiger partial charge is 0.495 e. The number of ether oxygens (including phenoxy) is 2. The molecule has 0 radical (unpaired) electrons. The van der Waals surface area contributed by atoms with E-state index in [1.165, 1.54) is 25.8 Å². The molecule has 0 saturated carbocycles. The van der Waals surface area contributed by atoms with Gasteiger partial charge < -0.3 is 20.1 Å². The number of benzene rings is 2. The van der Waals surface area contributed by atoms with Gasteiger partial charge in [0.2, 0.25) is 5.91 Å². The first-order chi connectivity index (χ1) is 14.7. The molecule has 1 aliphatic rings. The Morgan fingerprint density at radius 1 is 1.26 bits per heavy atom. The maximum absolute atomic E-state index is 12.5. The van der Waals surface area contributed by atoms with E-state index in [2.05, 4.69) is 10.6 Å². The topological polar surface area (TPSA) is 93.7 Å². The lowest BCUT2D eigenvalue weighted by atomic mass is 10.2. The van der Waals surface area contributed by atoms with Gasteiger partial charge in [0.25, 0.3) is 5.91 Å². The van der Waals surface area contributed by atoms with Gasteiger partial charge in [-0.15, -0.1) is 11.8 Å². The number of carbonyl (C=O) groups excluding carboxylic acids is 3. The molecule has 0 spiro atoms. The second-order valence-electron chi connectivity index (χ2n) is 6.86. The second kappa shape index (κ2) is 9.80. The molecule has 10 heteroatoms. The Morgan fingerprint density at radius 2 is 2.00 bits per heavy atom. The van der Waals surface area contributed by atoms with Gasteiger partial charge in [-0.25, -0.2) is 0 Å². The van der Waals surface area contributed by atoms with Crippen LogP contribution in [0.2, 0.25) is 10.0 Å². The van der Waals surface area contributed by atoms with Crippen LogP contribution in [0.15, 0.2) is 35.2 Å². The van der Waals surface area contributed by atoms with Crippen molar-refractivity contribution >= 4 is 64.1 Å². The maximum Gasteiger partial charge on any atom is 0.308 e. The third kappa shape index (κ3) is 5.64. The molecule has 31 heavy (non-hydrogen) atoms. The van der Waals surface area contributed by atoms with E-state index in [0.29, 0.717) is 27.2 Å². The van der Waals surface area contributed by atoms with Crippen LogP contribution in [0.5, 0.6) is 5.75 Å². The average Bonchev–Trinajstić information content (AvgIpc) is 2.71. The van der Waals surface area contributed by atoms with E-state index < -0.39 is 23.2 Å². The SMILES string of the molecule is COc1cc(Cl)c(C)cc1NC(=O)C(C)OC(=O)CC1Sc2ccc(Cl)cc2NC1=O. The molecule has 0 fully saturated rings.